The summed E-state index contributed by atoms with van der Waals surface area (Å²) in [5.74, 6) is 0.642. The standard InChI is InChI=1S/C7H14O3Si/c1-2-7(8)10-11-5-6-3-9-4-6/h6H,2-5,11H2,1H3. The molecular formula is C7H14O3Si. The van der Waals surface area contributed by atoms with Gasteiger partial charge in [-0.3, -0.25) is 4.79 Å². The van der Waals surface area contributed by atoms with Crippen LogP contribution in [0.1, 0.15) is 13.3 Å². The molecule has 0 radical (unpaired) electrons. The molecule has 11 heavy (non-hydrogen) atoms. The Hall–Kier alpha value is -0.353. The molecule has 1 rings (SSSR count). The second-order valence-corrected chi connectivity index (χ2v) is 4.04. The highest BCUT2D eigenvalue weighted by Gasteiger charge is 2.18. The lowest BCUT2D eigenvalue weighted by molar-refractivity contribution is -0.134. The SMILES string of the molecule is CCC(=O)O[SiH2]CC1COC1. The zero-order valence-corrected chi connectivity index (χ0v) is 8.25. The molecule has 0 N–H and O–H groups in total. The lowest BCUT2D eigenvalue weighted by Crippen LogP contribution is -2.29. The average molecular weight is 174 g/mol. The van der Waals surface area contributed by atoms with E-state index >= 15 is 0 Å². The third kappa shape index (κ3) is 3.03. The lowest BCUT2D eigenvalue weighted by Gasteiger charge is -2.25. The van der Waals surface area contributed by atoms with Crippen LogP contribution in [0.2, 0.25) is 6.04 Å². The first-order chi connectivity index (χ1) is 5.33. The van der Waals surface area contributed by atoms with Crippen molar-refractivity contribution in [3.8, 4) is 0 Å². The molecule has 0 bridgehead atoms. The molecule has 0 aliphatic carbocycles. The first-order valence-corrected chi connectivity index (χ1v) is 5.64. The van der Waals surface area contributed by atoms with Crippen molar-refractivity contribution in [3.05, 3.63) is 0 Å². The summed E-state index contributed by atoms with van der Waals surface area (Å²) in [4.78, 5) is 10.7. The van der Waals surface area contributed by atoms with Crippen LogP contribution in [-0.4, -0.2) is 28.9 Å². The number of carbonyl (C=O) groups excluding carboxylic acids is 1. The summed E-state index contributed by atoms with van der Waals surface area (Å²) in [5, 5.41) is 0. The van der Waals surface area contributed by atoms with E-state index in [1.54, 1.807) is 0 Å². The van der Waals surface area contributed by atoms with Gasteiger partial charge in [-0.15, -0.1) is 0 Å². The molecule has 0 aromatic heterocycles. The Morgan fingerprint density at radius 1 is 1.73 bits per heavy atom. The van der Waals surface area contributed by atoms with Gasteiger partial charge in [0.15, 0.2) is 0 Å². The van der Waals surface area contributed by atoms with Crippen molar-refractivity contribution >= 4 is 15.7 Å². The van der Waals surface area contributed by atoms with Gasteiger partial charge in [0.05, 0.1) is 13.2 Å². The van der Waals surface area contributed by atoms with Crippen LogP contribution >= 0.6 is 0 Å². The molecule has 0 aromatic carbocycles. The number of hydrogen-bond donors (Lipinski definition) is 0. The van der Waals surface area contributed by atoms with Crippen molar-refractivity contribution in [2.24, 2.45) is 5.92 Å². The van der Waals surface area contributed by atoms with E-state index in [4.69, 9.17) is 9.16 Å². The van der Waals surface area contributed by atoms with Crippen LogP contribution < -0.4 is 0 Å². The quantitative estimate of drug-likeness (QED) is 0.567. The summed E-state index contributed by atoms with van der Waals surface area (Å²) in [5.41, 5.74) is 0. The first kappa shape index (κ1) is 8.74. The van der Waals surface area contributed by atoms with E-state index < -0.39 is 9.76 Å². The van der Waals surface area contributed by atoms with Crippen LogP contribution in [0.15, 0.2) is 0 Å². The van der Waals surface area contributed by atoms with Gasteiger partial charge in [-0.2, -0.15) is 0 Å². The normalized spacial score (nSPS) is 18.6. The highest BCUT2D eigenvalue weighted by Crippen LogP contribution is 2.13. The largest absolute Gasteiger partial charge is 0.525 e. The molecular weight excluding hydrogens is 160 g/mol. The molecule has 3 nitrogen and oxygen atoms in total. The summed E-state index contributed by atoms with van der Waals surface area (Å²) < 4.78 is 10.0. The minimum absolute atomic E-state index is 0.0445. The van der Waals surface area contributed by atoms with Crippen molar-refractivity contribution < 1.29 is 14.0 Å². The molecule has 1 saturated heterocycles. The zero-order valence-electron chi connectivity index (χ0n) is 6.84. The van der Waals surface area contributed by atoms with E-state index in [1.807, 2.05) is 6.92 Å². The number of carbonyl (C=O) groups is 1. The molecule has 1 heterocycles. The van der Waals surface area contributed by atoms with Gasteiger partial charge in [0, 0.05) is 12.3 Å². The third-order valence-electron chi connectivity index (χ3n) is 1.78. The Morgan fingerprint density at radius 3 is 2.91 bits per heavy atom. The summed E-state index contributed by atoms with van der Waals surface area (Å²) in [6, 6.07) is 1.09. The molecule has 1 fully saturated rings. The molecule has 0 spiro atoms. The number of hydrogen-bond acceptors (Lipinski definition) is 3. The van der Waals surface area contributed by atoms with Crippen LogP contribution in [0, 0.1) is 5.92 Å². The smallest absolute Gasteiger partial charge is 0.291 e. The molecule has 0 atom stereocenters. The van der Waals surface area contributed by atoms with E-state index in [-0.39, 0.29) is 5.97 Å². The van der Waals surface area contributed by atoms with E-state index in [2.05, 4.69) is 0 Å². The van der Waals surface area contributed by atoms with Crippen molar-refractivity contribution in [1.82, 2.24) is 0 Å². The van der Waals surface area contributed by atoms with Gasteiger partial charge in [0.25, 0.3) is 5.97 Å². The fraction of sp³-hybridized carbons (Fsp3) is 0.857. The van der Waals surface area contributed by atoms with Gasteiger partial charge >= 0.3 is 0 Å². The summed E-state index contributed by atoms with van der Waals surface area (Å²) in [6.07, 6.45) is 0.508. The second kappa shape index (κ2) is 4.51. The predicted octanol–water partition coefficient (Wildman–Crippen LogP) is 0.0881. The monoisotopic (exact) mass is 174 g/mol. The van der Waals surface area contributed by atoms with E-state index in [0.29, 0.717) is 12.3 Å². The van der Waals surface area contributed by atoms with Crippen molar-refractivity contribution in [1.29, 1.82) is 0 Å². The number of ether oxygens (including phenoxy) is 1. The Bertz CT molecular complexity index is 134. The number of rotatable bonds is 4. The topological polar surface area (TPSA) is 35.5 Å². The van der Waals surface area contributed by atoms with E-state index in [0.717, 1.165) is 19.3 Å². The predicted molar refractivity (Wildman–Crippen MR) is 44.0 cm³/mol. The second-order valence-electron chi connectivity index (χ2n) is 2.77. The molecule has 1 aliphatic heterocycles. The first-order valence-electron chi connectivity index (χ1n) is 4.06. The summed E-state index contributed by atoms with van der Waals surface area (Å²) in [6.45, 7) is 3.57. The average Bonchev–Trinajstić information content (AvgIpc) is 1.94. The van der Waals surface area contributed by atoms with Gasteiger partial charge in [-0.05, 0) is 6.04 Å². The Morgan fingerprint density at radius 2 is 2.45 bits per heavy atom. The Labute approximate surface area is 69.0 Å². The van der Waals surface area contributed by atoms with Crippen LogP contribution in [-0.2, 0) is 14.0 Å². The van der Waals surface area contributed by atoms with Crippen molar-refractivity contribution in [3.63, 3.8) is 0 Å². The van der Waals surface area contributed by atoms with E-state index in [9.17, 15) is 4.79 Å². The molecule has 4 heteroatoms. The van der Waals surface area contributed by atoms with Gasteiger partial charge in [0.2, 0.25) is 9.76 Å². The molecule has 64 valence electrons. The fourth-order valence-electron chi connectivity index (χ4n) is 0.893. The van der Waals surface area contributed by atoms with Crippen LogP contribution in [0.3, 0.4) is 0 Å². The Kier molecular flexibility index (Phi) is 3.58. The zero-order chi connectivity index (χ0) is 8.10. The van der Waals surface area contributed by atoms with Crippen molar-refractivity contribution in [2.75, 3.05) is 13.2 Å². The summed E-state index contributed by atoms with van der Waals surface area (Å²) >= 11 is 0. The molecule has 0 unspecified atom stereocenters. The molecule has 0 aromatic rings. The molecule has 1 aliphatic rings. The van der Waals surface area contributed by atoms with Gasteiger partial charge in [-0.1, -0.05) is 6.92 Å². The highest BCUT2D eigenvalue weighted by molar-refractivity contribution is 6.30. The fourth-order valence-corrected chi connectivity index (χ4v) is 2.11. The minimum Gasteiger partial charge on any atom is -0.525 e. The van der Waals surface area contributed by atoms with Gasteiger partial charge in [-0.25, -0.2) is 0 Å². The maximum Gasteiger partial charge on any atom is 0.291 e. The molecule has 0 amide bonds. The highest BCUT2D eigenvalue weighted by atomic mass is 28.2. The maximum atomic E-state index is 10.7. The van der Waals surface area contributed by atoms with Crippen LogP contribution in [0.4, 0.5) is 0 Å². The maximum absolute atomic E-state index is 10.7. The van der Waals surface area contributed by atoms with E-state index in [1.165, 1.54) is 0 Å². The van der Waals surface area contributed by atoms with Crippen LogP contribution in [0.25, 0.3) is 0 Å². The lowest BCUT2D eigenvalue weighted by atomic mass is 10.1. The third-order valence-corrected chi connectivity index (χ3v) is 3.36. The van der Waals surface area contributed by atoms with Crippen molar-refractivity contribution in [2.45, 2.75) is 19.4 Å². The van der Waals surface area contributed by atoms with Gasteiger partial charge in [0.1, 0.15) is 0 Å². The molecule has 0 saturated carbocycles. The van der Waals surface area contributed by atoms with Crippen LogP contribution in [0.5, 0.6) is 0 Å². The summed E-state index contributed by atoms with van der Waals surface area (Å²) in [7, 11) is -0.584. The minimum atomic E-state index is -0.584. The Balaban J connectivity index is 1.90. The van der Waals surface area contributed by atoms with Gasteiger partial charge < -0.3 is 9.16 Å².